The Bertz CT molecular complexity index is 3450. The summed E-state index contributed by atoms with van der Waals surface area (Å²) in [5.41, 5.74) is 18.1. The fourth-order valence-corrected chi connectivity index (χ4v) is 8.89. The van der Waals surface area contributed by atoms with Crippen LogP contribution in [0.25, 0.3) is 66.8 Å². The van der Waals surface area contributed by atoms with Gasteiger partial charge in [-0.25, -0.2) is 0 Å². The van der Waals surface area contributed by atoms with Gasteiger partial charge in [-0.15, -0.1) is 20.4 Å². The molecule has 0 saturated heterocycles. The number of anilines is 6. The molecule has 0 spiro atoms. The number of hydrogen-bond acceptors (Lipinski definition) is 6. The summed E-state index contributed by atoms with van der Waals surface area (Å²) in [5.74, 6) is 0. The number of fused-ring (bicyclic) bond motifs is 2. The Kier molecular flexibility index (Phi) is 10.3. The second-order valence-electron chi connectivity index (χ2n) is 16.6. The van der Waals surface area contributed by atoms with Crippen LogP contribution in [0.4, 0.5) is 34.1 Å². The van der Waals surface area contributed by atoms with Crippen LogP contribution >= 0.6 is 0 Å². The lowest BCUT2D eigenvalue weighted by Crippen LogP contribution is -2.09. The molecule has 0 saturated carbocycles. The number of benzene rings is 10. The summed E-state index contributed by atoms with van der Waals surface area (Å²) < 4.78 is 0. The molecule has 0 atom stereocenters. The van der Waals surface area contributed by atoms with Crippen LogP contribution in [0.2, 0.25) is 0 Å². The Morgan fingerprint density at radius 2 is 0.515 bits per heavy atom. The van der Waals surface area contributed by atoms with E-state index in [4.69, 9.17) is 20.4 Å². The van der Waals surface area contributed by atoms with Gasteiger partial charge < -0.3 is 9.80 Å². The van der Waals surface area contributed by atoms with Gasteiger partial charge >= 0.3 is 0 Å². The van der Waals surface area contributed by atoms with Gasteiger partial charge in [0.05, 0.1) is 11.4 Å². The first-order chi connectivity index (χ1) is 33.7. The summed E-state index contributed by atoms with van der Waals surface area (Å²) >= 11 is 0. The first-order valence-electron chi connectivity index (χ1n) is 22.6. The number of hydrogen-bond donors (Lipinski definition) is 0. The molecule has 0 aliphatic carbocycles. The van der Waals surface area contributed by atoms with Crippen molar-refractivity contribution in [2.75, 3.05) is 9.80 Å². The molecule has 0 amide bonds. The zero-order valence-electron chi connectivity index (χ0n) is 36.8. The third-order valence-electron chi connectivity index (χ3n) is 12.2. The van der Waals surface area contributed by atoms with Gasteiger partial charge in [-0.1, -0.05) is 133 Å². The molecule has 2 aromatic heterocycles. The van der Waals surface area contributed by atoms with Crippen LogP contribution in [-0.4, -0.2) is 30.0 Å². The largest absolute Gasteiger partial charge is 0.310 e. The Balaban J connectivity index is 0.860. The van der Waals surface area contributed by atoms with Crippen molar-refractivity contribution in [2.45, 2.75) is 0 Å². The molecular weight excluding hydrogens is 833 g/mol. The number of rotatable bonds is 11. The van der Waals surface area contributed by atoms with Crippen LogP contribution in [-0.2, 0) is 0 Å². The van der Waals surface area contributed by atoms with Crippen LogP contribution < -0.4 is 9.80 Å². The molecule has 322 valence electrons. The molecule has 12 rings (SSSR count). The first-order valence-corrected chi connectivity index (χ1v) is 22.6. The van der Waals surface area contributed by atoms with Gasteiger partial charge in [0.15, 0.2) is 0 Å². The van der Waals surface area contributed by atoms with Gasteiger partial charge in [0.25, 0.3) is 0 Å². The van der Waals surface area contributed by atoms with Crippen molar-refractivity contribution in [3.63, 3.8) is 0 Å². The molecule has 0 radical (unpaired) electrons. The maximum absolute atomic E-state index is 4.87. The molecule has 0 aliphatic rings. The molecule has 68 heavy (non-hydrogen) atoms. The van der Waals surface area contributed by atoms with Gasteiger partial charge in [-0.05, 0) is 155 Å². The Labute approximate surface area is 393 Å². The smallest absolute Gasteiger partial charge is 0.115 e. The summed E-state index contributed by atoms with van der Waals surface area (Å²) in [7, 11) is 0. The Morgan fingerprint density at radius 1 is 0.221 bits per heavy atom. The van der Waals surface area contributed by atoms with Crippen LogP contribution in [0.1, 0.15) is 0 Å². The van der Waals surface area contributed by atoms with Gasteiger partial charge in [0.1, 0.15) is 22.1 Å². The zero-order chi connectivity index (χ0) is 45.2. The molecule has 2 heterocycles. The van der Waals surface area contributed by atoms with E-state index in [2.05, 4.69) is 180 Å². The van der Waals surface area contributed by atoms with Crippen molar-refractivity contribution < 1.29 is 0 Å². The van der Waals surface area contributed by atoms with Crippen LogP contribution in [0.5, 0.6) is 0 Å². The molecule has 0 N–H and O–H groups in total. The highest BCUT2D eigenvalue weighted by Crippen LogP contribution is 2.40. The van der Waals surface area contributed by atoms with Crippen molar-refractivity contribution >= 4 is 56.2 Å². The van der Waals surface area contributed by atoms with Gasteiger partial charge in [-0.3, -0.25) is 0 Å². The van der Waals surface area contributed by atoms with E-state index in [0.29, 0.717) is 0 Å². The quantitative estimate of drug-likeness (QED) is 0.129. The van der Waals surface area contributed by atoms with E-state index in [1.54, 1.807) is 9.59 Å². The van der Waals surface area contributed by atoms with Crippen molar-refractivity contribution in [1.82, 2.24) is 30.0 Å². The minimum absolute atomic E-state index is 0.821. The topological polar surface area (TPSA) is 67.9 Å². The molecule has 10 aromatic carbocycles. The summed E-state index contributed by atoms with van der Waals surface area (Å²) in [6, 6.07) is 88.7. The highest BCUT2D eigenvalue weighted by molar-refractivity contribution is 5.88. The van der Waals surface area contributed by atoms with Gasteiger partial charge in [-0.2, -0.15) is 9.59 Å². The summed E-state index contributed by atoms with van der Waals surface area (Å²) in [6.45, 7) is 0. The lowest BCUT2D eigenvalue weighted by Gasteiger charge is -2.26. The normalized spacial score (nSPS) is 11.2. The van der Waals surface area contributed by atoms with E-state index < -0.39 is 0 Å². The highest BCUT2D eigenvalue weighted by Gasteiger charge is 2.18. The molecule has 0 bridgehead atoms. The average molecular weight is 875 g/mol. The maximum Gasteiger partial charge on any atom is 0.115 e. The first kappa shape index (κ1) is 40.1. The summed E-state index contributed by atoms with van der Waals surface area (Å²) in [6.07, 6.45) is 0. The lowest BCUT2D eigenvalue weighted by atomic mass is 9.95. The van der Waals surface area contributed by atoms with Crippen molar-refractivity contribution in [1.29, 1.82) is 0 Å². The molecule has 0 aliphatic heterocycles. The van der Waals surface area contributed by atoms with Crippen LogP contribution in [0.3, 0.4) is 0 Å². The second-order valence-corrected chi connectivity index (χ2v) is 16.6. The third kappa shape index (κ3) is 7.92. The van der Waals surface area contributed by atoms with E-state index >= 15 is 0 Å². The minimum Gasteiger partial charge on any atom is -0.310 e. The predicted molar refractivity (Wildman–Crippen MR) is 277 cm³/mol. The summed E-state index contributed by atoms with van der Waals surface area (Å²) in [4.78, 5) is 7.95. The van der Waals surface area contributed by atoms with Gasteiger partial charge in [0, 0.05) is 34.1 Å². The SMILES string of the molecule is c1ccc(N(c2cccc(-c3cccc(-c4cccc(-c5cccc(N(c6ccccc6)c6ccc7nn(-c8ccccc8)nc7c6)c5)c4)c3)c2)c2ccc3nn(-c4ccccc4)nc3c2)cc1. The molecule has 12 aromatic rings. The number of aromatic nitrogens is 6. The van der Waals surface area contributed by atoms with E-state index in [1.165, 1.54) is 0 Å². The van der Waals surface area contributed by atoms with Crippen molar-refractivity contribution in [3.8, 4) is 44.8 Å². The molecule has 8 nitrogen and oxygen atoms in total. The van der Waals surface area contributed by atoms with Crippen LogP contribution in [0, 0.1) is 0 Å². The van der Waals surface area contributed by atoms with Crippen molar-refractivity contribution in [2.24, 2.45) is 0 Å². The number of nitrogens with zero attached hydrogens (tertiary/aromatic N) is 8. The monoisotopic (exact) mass is 874 g/mol. The van der Waals surface area contributed by atoms with E-state index in [1.807, 2.05) is 84.9 Å². The molecule has 8 heteroatoms. The third-order valence-corrected chi connectivity index (χ3v) is 12.2. The molecule has 0 unspecified atom stereocenters. The fourth-order valence-electron chi connectivity index (χ4n) is 8.89. The Morgan fingerprint density at radius 3 is 0.897 bits per heavy atom. The summed E-state index contributed by atoms with van der Waals surface area (Å²) in [5, 5.41) is 19.3. The van der Waals surface area contributed by atoms with E-state index in [0.717, 1.165) is 101 Å². The van der Waals surface area contributed by atoms with Crippen LogP contribution in [0.15, 0.2) is 255 Å². The lowest BCUT2D eigenvalue weighted by molar-refractivity contribution is 0.765. The maximum atomic E-state index is 4.87. The minimum atomic E-state index is 0.821. The number of para-hydroxylation sites is 4. The Hall–Kier alpha value is -9.40. The molecule has 0 fully saturated rings. The predicted octanol–water partition coefficient (Wildman–Crippen LogP) is 15.1. The van der Waals surface area contributed by atoms with Gasteiger partial charge in [0.2, 0.25) is 0 Å². The van der Waals surface area contributed by atoms with E-state index in [9.17, 15) is 0 Å². The standard InChI is InChI=1S/C60H42N8/c1-5-23-49(24-6-1)65(55-33-35-57-59(41-55)63-67(61-57)51-27-9-3-10-28-51)53-31-15-21-47(39-53)45-19-13-17-43(37-45)44-18-14-20-46(38-44)48-22-16-32-54(40-48)66(50-25-7-2-8-26-50)56-34-36-58-60(42-56)64-68(62-58)52-29-11-4-12-30-52/h1-42H. The fraction of sp³-hybridized carbons (Fsp3) is 0. The second kappa shape index (κ2) is 17.5. The average Bonchev–Trinajstić information content (AvgIpc) is 4.05. The molecular formula is C60H42N8. The van der Waals surface area contributed by atoms with Crippen molar-refractivity contribution in [3.05, 3.63) is 255 Å². The highest BCUT2D eigenvalue weighted by atomic mass is 15.5. The zero-order valence-corrected chi connectivity index (χ0v) is 36.8. The van der Waals surface area contributed by atoms with E-state index in [-0.39, 0.29) is 0 Å².